The number of aromatic nitrogens is 2. The summed E-state index contributed by atoms with van der Waals surface area (Å²) in [5, 5.41) is 2.93. The molecule has 2 aliphatic rings. The number of rotatable bonds is 4. The zero-order chi connectivity index (χ0) is 16.4. The molecule has 0 bridgehead atoms. The van der Waals surface area contributed by atoms with Gasteiger partial charge in [-0.1, -0.05) is 0 Å². The van der Waals surface area contributed by atoms with Gasteiger partial charge in [-0.3, -0.25) is 9.59 Å². The molecular weight excluding hydrogens is 294 g/mol. The highest BCUT2D eigenvalue weighted by atomic mass is 16.2. The first-order valence-electron chi connectivity index (χ1n) is 8.13. The first-order valence-corrected chi connectivity index (χ1v) is 8.13. The van der Waals surface area contributed by atoms with Crippen molar-refractivity contribution < 1.29 is 9.59 Å². The van der Waals surface area contributed by atoms with Crippen molar-refractivity contribution in [3.63, 3.8) is 0 Å². The van der Waals surface area contributed by atoms with Gasteiger partial charge in [0.05, 0.1) is 6.20 Å². The lowest BCUT2D eigenvalue weighted by atomic mass is 9.95. The molecule has 1 aliphatic heterocycles. The maximum atomic E-state index is 12.5. The maximum absolute atomic E-state index is 12.5. The molecule has 7 nitrogen and oxygen atoms in total. The average Bonchev–Trinajstić information content (AvgIpc) is 3.39. The number of hydrogen-bond donors (Lipinski definition) is 1. The molecule has 1 saturated heterocycles. The lowest BCUT2D eigenvalue weighted by molar-refractivity contribution is -0.135. The Morgan fingerprint density at radius 3 is 2.48 bits per heavy atom. The Balaban J connectivity index is 1.56. The van der Waals surface area contributed by atoms with E-state index in [1.807, 2.05) is 23.9 Å². The molecule has 124 valence electrons. The van der Waals surface area contributed by atoms with E-state index in [0.29, 0.717) is 24.6 Å². The van der Waals surface area contributed by atoms with Crippen LogP contribution < -0.4 is 10.2 Å². The Bertz CT molecular complexity index is 592. The molecule has 1 aromatic rings. The van der Waals surface area contributed by atoms with Gasteiger partial charge in [-0.2, -0.15) is 0 Å². The quantitative estimate of drug-likeness (QED) is 0.900. The molecule has 0 aromatic carbocycles. The maximum Gasteiger partial charge on any atom is 0.227 e. The van der Waals surface area contributed by atoms with Crippen LogP contribution in [0.5, 0.6) is 0 Å². The summed E-state index contributed by atoms with van der Waals surface area (Å²) >= 11 is 0. The molecule has 1 aliphatic carbocycles. The Labute approximate surface area is 136 Å². The fourth-order valence-corrected chi connectivity index (χ4v) is 2.95. The lowest BCUT2D eigenvalue weighted by Crippen LogP contribution is -2.42. The molecule has 0 unspecified atom stereocenters. The van der Waals surface area contributed by atoms with Gasteiger partial charge in [0.25, 0.3) is 0 Å². The number of carbonyl (C=O) groups is 2. The highest BCUT2D eigenvalue weighted by Gasteiger charge is 2.36. The Morgan fingerprint density at radius 1 is 1.17 bits per heavy atom. The summed E-state index contributed by atoms with van der Waals surface area (Å²) in [7, 11) is 3.75. The Hall–Kier alpha value is -2.18. The molecule has 23 heavy (non-hydrogen) atoms. The first-order chi connectivity index (χ1) is 11.1. The first kappa shape index (κ1) is 15.7. The number of nitrogens with one attached hydrogen (secondary N) is 1. The van der Waals surface area contributed by atoms with Gasteiger partial charge in [0.1, 0.15) is 12.0 Å². The van der Waals surface area contributed by atoms with Gasteiger partial charge in [0.2, 0.25) is 11.8 Å². The van der Waals surface area contributed by atoms with Crippen LogP contribution in [-0.2, 0) is 9.59 Å². The molecule has 7 heteroatoms. The standard InChI is InChI=1S/C16H23N5O2/c1-20(2)14-13(9-17-10-18-14)19-15(22)11-5-7-21(8-6-11)16(23)12-3-4-12/h9-12H,3-8H2,1-2H3,(H,19,22). The van der Waals surface area contributed by atoms with Crippen molar-refractivity contribution in [3.05, 3.63) is 12.5 Å². The number of anilines is 2. The summed E-state index contributed by atoms with van der Waals surface area (Å²) in [6.45, 7) is 1.36. The molecule has 3 rings (SSSR count). The normalized spacial score (nSPS) is 18.6. The third-order valence-electron chi connectivity index (χ3n) is 4.48. The highest BCUT2D eigenvalue weighted by molar-refractivity contribution is 5.95. The molecule has 0 spiro atoms. The van der Waals surface area contributed by atoms with Crippen LogP contribution in [-0.4, -0.2) is 53.9 Å². The van der Waals surface area contributed by atoms with Crippen LogP contribution in [0.4, 0.5) is 11.5 Å². The van der Waals surface area contributed by atoms with Crippen molar-refractivity contribution in [2.75, 3.05) is 37.4 Å². The zero-order valence-electron chi connectivity index (χ0n) is 13.7. The van der Waals surface area contributed by atoms with E-state index in [9.17, 15) is 9.59 Å². The predicted octanol–water partition coefficient (Wildman–Crippen LogP) is 1.13. The third kappa shape index (κ3) is 3.60. The van der Waals surface area contributed by atoms with Crippen LogP contribution in [0.15, 0.2) is 12.5 Å². The molecule has 2 amide bonds. The van der Waals surface area contributed by atoms with E-state index in [2.05, 4.69) is 15.3 Å². The van der Waals surface area contributed by atoms with E-state index >= 15 is 0 Å². The van der Waals surface area contributed by atoms with E-state index in [0.717, 1.165) is 25.7 Å². The fourth-order valence-electron chi connectivity index (χ4n) is 2.95. The second-order valence-corrected chi connectivity index (χ2v) is 6.52. The van der Waals surface area contributed by atoms with Gasteiger partial charge in [0, 0.05) is 39.0 Å². The molecule has 0 atom stereocenters. The minimum atomic E-state index is -0.0616. The number of likely N-dealkylation sites (tertiary alicyclic amines) is 1. The van der Waals surface area contributed by atoms with E-state index in [1.54, 1.807) is 6.20 Å². The second-order valence-electron chi connectivity index (χ2n) is 6.52. The minimum Gasteiger partial charge on any atom is -0.361 e. The van der Waals surface area contributed by atoms with Crippen LogP contribution in [0.1, 0.15) is 25.7 Å². The largest absolute Gasteiger partial charge is 0.361 e. The summed E-state index contributed by atoms with van der Waals surface area (Å²) in [5.74, 6) is 1.14. The summed E-state index contributed by atoms with van der Waals surface area (Å²) in [5.41, 5.74) is 0.624. The summed E-state index contributed by atoms with van der Waals surface area (Å²) in [4.78, 5) is 36.5. The van der Waals surface area contributed by atoms with Crippen molar-refractivity contribution >= 4 is 23.3 Å². The van der Waals surface area contributed by atoms with Gasteiger partial charge in [-0.25, -0.2) is 9.97 Å². The van der Waals surface area contributed by atoms with E-state index in [-0.39, 0.29) is 23.7 Å². The number of piperidine rings is 1. The second kappa shape index (κ2) is 6.52. The van der Waals surface area contributed by atoms with Crippen molar-refractivity contribution in [2.45, 2.75) is 25.7 Å². The van der Waals surface area contributed by atoms with Gasteiger partial charge < -0.3 is 15.1 Å². The molecular formula is C16H23N5O2. The number of hydrogen-bond acceptors (Lipinski definition) is 5. The van der Waals surface area contributed by atoms with Crippen LogP contribution in [0.2, 0.25) is 0 Å². The summed E-state index contributed by atoms with van der Waals surface area (Å²) in [6.07, 6.45) is 6.57. The molecule has 2 heterocycles. The predicted molar refractivity (Wildman–Crippen MR) is 87.0 cm³/mol. The molecule has 1 saturated carbocycles. The van der Waals surface area contributed by atoms with Crippen molar-refractivity contribution in [2.24, 2.45) is 11.8 Å². The minimum absolute atomic E-state index is 0.0126. The van der Waals surface area contributed by atoms with Gasteiger partial charge >= 0.3 is 0 Å². The van der Waals surface area contributed by atoms with E-state index in [1.165, 1.54) is 6.33 Å². The van der Waals surface area contributed by atoms with Crippen molar-refractivity contribution in [1.29, 1.82) is 0 Å². The van der Waals surface area contributed by atoms with Crippen LogP contribution in [0.25, 0.3) is 0 Å². The van der Waals surface area contributed by atoms with E-state index in [4.69, 9.17) is 0 Å². The van der Waals surface area contributed by atoms with Crippen LogP contribution in [0.3, 0.4) is 0 Å². The molecule has 1 aromatic heterocycles. The van der Waals surface area contributed by atoms with Crippen LogP contribution >= 0.6 is 0 Å². The topological polar surface area (TPSA) is 78.4 Å². The number of amides is 2. The smallest absolute Gasteiger partial charge is 0.227 e. The van der Waals surface area contributed by atoms with Gasteiger partial charge in [0.15, 0.2) is 5.82 Å². The highest BCUT2D eigenvalue weighted by Crippen LogP contribution is 2.32. The monoisotopic (exact) mass is 317 g/mol. The Kier molecular flexibility index (Phi) is 4.45. The average molecular weight is 317 g/mol. The third-order valence-corrected chi connectivity index (χ3v) is 4.48. The van der Waals surface area contributed by atoms with Crippen molar-refractivity contribution in [3.8, 4) is 0 Å². The zero-order valence-corrected chi connectivity index (χ0v) is 13.7. The lowest BCUT2D eigenvalue weighted by Gasteiger charge is -2.31. The van der Waals surface area contributed by atoms with Crippen molar-refractivity contribution in [1.82, 2.24) is 14.9 Å². The van der Waals surface area contributed by atoms with Crippen LogP contribution in [0, 0.1) is 11.8 Å². The van der Waals surface area contributed by atoms with E-state index < -0.39 is 0 Å². The fraction of sp³-hybridized carbons (Fsp3) is 0.625. The summed E-state index contributed by atoms with van der Waals surface area (Å²) < 4.78 is 0. The molecule has 2 fully saturated rings. The number of carbonyl (C=O) groups excluding carboxylic acids is 2. The molecule has 1 N–H and O–H groups in total. The SMILES string of the molecule is CN(C)c1ncncc1NC(=O)C1CCN(C(=O)C2CC2)CC1. The van der Waals surface area contributed by atoms with Gasteiger partial charge in [-0.05, 0) is 25.7 Å². The van der Waals surface area contributed by atoms with Gasteiger partial charge in [-0.15, -0.1) is 0 Å². The molecule has 0 radical (unpaired) electrons. The number of nitrogens with zero attached hydrogens (tertiary/aromatic N) is 4. The summed E-state index contributed by atoms with van der Waals surface area (Å²) in [6, 6.07) is 0. The Morgan fingerprint density at radius 2 is 1.87 bits per heavy atom.